The van der Waals surface area contributed by atoms with E-state index in [9.17, 15) is 4.39 Å². The predicted octanol–water partition coefficient (Wildman–Crippen LogP) is 3.08. The summed E-state index contributed by atoms with van der Waals surface area (Å²) in [6, 6.07) is 11.1. The largest absolute Gasteiger partial charge is 0.357 e. The van der Waals surface area contributed by atoms with Crippen LogP contribution in [-0.4, -0.2) is 28.4 Å². The van der Waals surface area contributed by atoms with Crippen LogP contribution in [-0.2, 0) is 13.0 Å². The molecule has 0 aliphatic rings. The van der Waals surface area contributed by atoms with Crippen molar-refractivity contribution in [3.8, 4) is 0 Å². The van der Waals surface area contributed by atoms with E-state index in [1.165, 1.54) is 6.07 Å². The van der Waals surface area contributed by atoms with E-state index in [0.717, 1.165) is 42.4 Å². The van der Waals surface area contributed by atoms with Crippen LogP contribution >= 0.6 is 0 Å². The molecule has 0 spiro atoms. The van der Waals surface area contributed by atoms with Gasteiger partial charge in [-0.05, 0) is 43.2 Å². The van der Waals surface area contributed by atoms with Crippen LogP contribution in [0, 0.1) is 12.7 Å². The number of guanidine groups is 1. The molecule has 0 radical (unpaired) electrons. The topological polar surface area (TPSA) is 53.7 Å². The van der Waals surface area contributed by atoms with Crippen molar-refractivity contribution >= 4 is 11.6 Å². The number of rotatable bonds is 6. The van der Waals surface area contributed by atoms with Crippen LogP contribution in [0.2, 0.25) is 0 Å². The van der Waals surface area contributed by atoms with Gasteiger partial charge in [0.15, 0.2) is 5.96 Å². The van der Waals surface area contributed by atoms with Crippen molar-refractivity contribution < 1.29 is 4.39 Å². The van der Waals surface area contributed by atoms with E-state index in [-0.39, 0.29) is 5.82 Å². The first kappa shape index (κ1) is 17.9. The highest BCUT2D eigenvalue weighted by Crippen LogP contribution is 2.10. The summed E-state index contributed by atoms with van der Waals surface area (Å²) >= 11 is 0. The van der Waals surface area contributed by atoms with Gasteiger partial charge in [-0.2, -0.15) is 0 Å². The Labute approximate surface area is 153 Å². The zero-order chi connectivity index (χ0) is 18.4. The summed E-state index contributed by atoms with van der Waals surface area (Å²) in [7, 11) is 0. The van der Waals surface area contributed by atoms with Crippen molar-refractivity contribution in [2.75, 3.05) is 13.1 Å². The van der Waals surface area contributed by atoms with E-state index < -0.39 is 0 Å². The molecule has 0 fully saturated rings. The van der Waals surface area contributed by atoms with Gasteiger partial charge in [0.2, 0.25) is 0 Å². The van der Waals surface area contributed by atoms with Crippen molar-refractivity contribution in [3.63, 3.8) is 0 Å². The van der Waals surface area contributed by atoms with E-state index in [1.54, 1.807) is 13.0 Å². The van der Waals surface area contributed by atoms with Crippen LogP contribution in [0.15, 0.2) is 53.8 Å². The molecule has 2 N–H and O–H groups in total. The van der Waals surface area contributed by atoms with E-state index in [2.05, 4.69) is 20.6 Å². The molecule has 26 heavy (non-hydrogen) atoms. The normalized spacial score (nSPS) is 11.7. The second-order valence-corrected chi connectivity index (χ2v) is 6.15. The average Bonchev–Trinajstić information content (AvgIpc) is 3.05. The maximum absolute atomic E-state index is 13.4. The standard InChI is InChI=1S/C20H24FN5/c1-3-22-20(24-13-16-7-8-18(21)15(2)12-16)23-10-9-17-14-26-11-5-4-6-19(26)25-17/h4-8,11-12,14H,3,9-10,13H2,1-2H3,(H2,22,23,24). The molecule has 2 heterocycles. The lowest BCUT2D eigenvalue weighted by Crippen LogP contribution is -2.38. The minimum absolute atomic E-state index is 0.185. The van der Waals surface area contributed by atoms with Crippen molar-refractivity contribution in [3.05, 3.63) is 71.4 Å². The van der Waals surface area contributed by atoms with E-state index in [0.29, 0.717) is 12.1 Å². The summed E-state index contributed by atoms with van der Waals surface area (Å²) in [5, 5.41) is 6.56. The molecule has 6 heteroatoms. The van der Waals surface area contributed by atoms with Gasteiger partial charge in [0.05, 0.1) is 12.2 Å². The van der Waals surface area contributed by atoms with E-state index in [4.69, 9.17) is 0 Å². The van der Waals surface area contributed by atoms with Crippen LogP contribution in [0.3, 0.4) is 0 Å². The minimum Gasteiger partial charge on any atom is -0.357 e. The van der Waals surface area contributed by atoms with Gasteiger partial charge >= 0.3 is 0 Å². The first-order chi connectivity index (χ1) is 12.7. The second kappa shape index (κ2) is 8.47. The molecule has 0 aliphatic carbocycles. The third kappa shape index (κ3) is 4.59. The number of hydrogen-bond donors (Lipinski definition) is 2. The molecule has 3 rings (SSSR count). The first-order valence-corrected chi connectivity index (χ1v) is 8.85. The maximum atomic E-state index is 13.4. The number of halogens is 1. The Morgan fingerprint density at radius 3 is 2.88 bits per heavy atom. The van der Waals surface area contributed by atoms with Crippen LogP contribution < -0.4 is 10.6 Å². The molecule has 0 bridgehead atoms. The number of aliphatic imine (C=N–C) groups is 1. The van der Waals surface area contributed by atoms with Gasteiger partial charge in [-0.15, -0.1) is 0 Å². The SMILES string of the molecule is CCNC(=NCc1ccc(F)c(C)c1)NCCc1cn2ccccc2n1. The highest BCUT2D eigenvalue weighted by molar-refractivity contribution is 5.79. The molecular weight excluding hydrogens is 329 g/mol. The van der Waals surface area contributed by atoms with Crippen molar-refractivity contribution in [1.29, 1.82) is 0 Å². The number of imidazole rings is 1. The number of hydrogen-bond acceptors (Lipinski definition) is 2. The molecule has 0 saturated carbocycles. The van der Waals surface area contributed by atoms with Crippen molar-refractivity contribution in [2.24, 2.45) is 4.99 Å². The molecule has 0 amide bonds. The Kier molecular flexibility index (Phi) is 5.84. The monoisotopic (exact) mass is 353 g/mol. The Bertz CT molecular complexity index is 867. The molecule has 0 saturated heterocycles. The third-order valence-electron chi connectivity index (χ3n) is 4.07. The smallest absolute Gasteiger partial charge is 0.191 e. The molecule has 3 aromatic rings. The lowest BCUT2D eigenvalue weighted by molar-refractivity contribution is 0.617. The summed E-state index contributed by atoms with van der Waals surface area (Å²) in [5.74, 6) is 0.563. The molecule has 0 aliphatic heterocycles. The molecule has 5 nitrogen and oxygen atoms in total. The summed E-state index contributed by atoms with van der Waals surface area (Å²) in [5.41, 5.74) is 3.62. The van der Waals surface area contributed by atoms with E-state index in [1.807, 2.05) is 48.0 Å². The molecule has 1 aromatic carbocycles. The van der Waals surface area contributed by atoms with Crippen molar-refractivity contribution in [1.82, 2.24) is 20.0 Å². The fraction of sp³-hybridized carbons (Fsp3) is 0.300. The summed E-state index contributed by atoms with van der Waals surface area (Å²) in [6.45, 7) is 5.81. The van der Waals surface area contributed by atoms with Crippen molar-refractivity contribution in [2.45, 2.75) is 26.8 Å². The molecular formula is C20H24FN5. The number of nitrogens with one attached hydrogen (secondary N) is 2. The number of pyridine rings is 1. The third-order valence-corrected chi connectivity index (χ3v) is 4.07. The number of aromatic nitrogens is 2. The van der Waals surface area contributed by atoms with Gasteiger partial charge in [-0.25, -0.2) is 14.4 Å². The highest BCUT2D eigenvalue weighted by Gasteiger charge is 2.03. The predicted molar refractivity (Wildman–Crippen MR) is 103 cm³/mol. The molecule has 0 unspecified atom stereocenters. The Morgan fingerprint density at radius 1 is 1.23 bits per heavy atom. The van der Waals surface area contributed by atoms with Gasteiger partial charge in [0.25, 0.3) is 0 Å². The molecule has 2 aromatic heterocycles. The van der Waals surface area contributed by atoms with Gasteiger partial charge in [0, 0.05) is 31.9 Å². The highest BCUT2D eigenvalue weighted by atomic mass is 19.1. The van der Waals surface area contributed by atoms with Gasteiger partial charge in [0.1, 0.15) is 11.5 Å². The van der Waals surface area contributed by atoms with Crippen LogP contribution in [0.4, 0.5) is 4.39 Å². The van der Waals surface area contributed by atoms with Crippen LogP contribution in [0.1, 0.15) is 23.7 Å². The number of nitrogens with zero attached hydrogens (tertiary/aromatic N) is 3. The zero-order valence-electron chi connectivity index (χ0n) is 15.2. The minimum atomic E-state index is -0.185. The number of fused-ring (bicyclic) bond motifs is 1. The Hall–Kier alpha value is -2.89. The maximum Gasteiger partial charge on any atom is 0.191 e. The lowest BCUT2D eigenvalue weighted by Gasteiger charge is -2.11. The fourth-order valence-electron chi connectivity index (χ4n) is 2.73. The molecule has 0 atom stereocenters. The zero-order valence-corrected chi connectivity index (χ0v) is 15.2. The second-order valence-electron chi connectivity index (χ2n) is 6.15. The van der Waals surface area contributed by atoms with Gasteiger partial charge in [-0.3, -0.25) is 0 Å². The Balaban J connectivity index is 1.57. The average molecular weight is 353 g/mol. The lowest BCUT2D eigenvalue weighted by atomic mass is 10.1. The molecule has 136 valence electrons. The van der Waals surface area contributed by atoms with Gasteiger partial charge in [-0.1, -0.05) is 18.2 Å². The first-order valence-electron chi connectivity index (χ1n) is 8.85. The quantitative estimate of drug-likeness (QED) is 0.529. The van der Waals surface area contributed by atoms with E-state index >= 15 is 0 Å². The summed E-state index contributed by atoms with van der Waals surface area (Å²) in [4.78, 5) is 9.17. The number of benzene rings is 1. The van der Waals surface area contributed by atoms with Crippen LogP contribution in [0.5, 0.6) is 0 Å². The van der Waals surface area contributed by atoms with Gasteiger partial charge < -0.3 is 15.0 Å². The summed E-state index contributed by atoms with van der Waals surface area (Å²) < 4.78 is 15.4. The Morgan fingerprint density at radius 2 is 2.12 bits per heavy atom. The van der Waals surface area contributed by atoms with Crippen LogP contribution in [0.25, 0.3) is 5.65 Å². The summed E-state index contributed by atoms with van der Waals surface area (Å²) in [6.07, 6.45) is 4.85. The number of aryl methyl sites for hydroxylation is 1. The fourth-order valence-corrected chi connectivity index (χ4v) is 2.73.